The second kappa shape index (κ2) is 7.77. The van der Waals surface area contributed by atoms with Gasteiger partial charge in [0, 0.05) is 23.6 Å². The highest BCUT2D eigenvalue weighted by Gasteiger charge is 2.23. The first-order valence-electron chi connectivity index (χ1n) is 7.12. The Bertz CT molecular complexity index is 490. The van der Waals surface area contributed by atoms with Crippen LogP contribution in [0.15, 0.2) is 22.7 Å². The minimum absolute atomic E-state index is 0.0416. The maximum atomic E-state index is 12.7. The number of hydrogen-bond acceptors (Lipinski definition) is 4. The first-order valence-corrected chi connectivity index (χ1v) is 7.92. The average molecular weight is 357 g/mol. The van der Waals surface area contributed by atoms with Gasteiger partial charge in [-0.15, -0.1) is 0 Å². The normalized spacial score (nSPS) is 17.8. The van der Waals surface area contributed by atoms with Gasteiger partial charge in [0.05, 0.1) is 19.3 Å². The molecule has 0 radical (unpaired) electrons. The molecule has 1 aromatic rings. The van der Waals surface area contributed by atoms with E-state index >= 15 is 0 Å². The van der Waals surface area contributed by atoms with Gasteiger partial charge in [0.2, 0.25) is 0 Å². The van der Waals surface area contributed by atoms with Gasteiger partial charge < -0.3 is 20.1 Å². The lowest BCUT2D eigenvalue weighted by Gasteiger charge is -2.25. The van der Waals surface area contributed by atoms with Gasteiger partial charge in [-0.2, -0.15) is 0 Å². The third-order valence-corrected chi connectivity index (χ3v) is 4.36. The number of rotatable bonds is 6. The molecule has 6 heteroatoms. The van der Waals surface area contributed by atoms with Crippen molar-refractivity contribution in [3.8, 4) is 5.75 Å². The summed E-state index contributed by atoms with van der Waals surface area (Å²) in [5, 5.41) is 12.6. The van der Waals surface area contributed by atoms with Crippen LogP contribution in [0.1, 0.15) is 23.2 Å². The Kier molecular flexibility index (Phi) is 6.02. The summed E-state index contributed by atoms with van der Waals surface area (Å²) in [6, 6.07) is 5.64. The van der Waals surface area contributed by atoms with Crippen LogP contribution in [0.3, 0.4) is 0 Å². The fourth-order valence-corrected chi connectivity index (χ4v) is 2.96. The molecule has 1 aliphatic rings. The predicted octanol–water partition coefficient (Wildman–Crippen LogP) is 1.64. The van der Waals surface area contributed by atoms with Crippen LogP contribution >= 0.6 is 15.9 Å². The predicted molar refractivity (Wildman–Crippen MR) is 84.7 cm³/mol. The van der Waals surface area contributed by atoms with E-state index in [9.17, 15) is 9.90 Å². The van der Waals surface area contributed by atoms with Crippen LogP contribution in [0.25, 0.3) is 0 Å². The van der Waals surface area contributed by atoms with Crippen LogP contribution in [0.5, 0.6) is 5.75 Å². The third-order valence-electron chi connectivity index (χ3n) is 3.66. The number of nitrogens with zero attached hydrogens (tertiary/aromatic N) is 1. The Morgan fingerprint density at radius 1 is 1.57 bits per heavy atom. The largest absolute Gasteiger partial charge is 0.497 e. The maximum absolute atomic E-state index is 12.7. The average Bonchev–Trinajstić information content (AvgIpc) is 3.00. The number of carbonyl (C=O) groups is 1. The molecule has 0 aliphatic carbocycles. The van der Waals surface area contributed by atoms with Crippen molar-refractivity contribution in [2.75, 3.05) is 33.4 Å². The summed E-state index contributed by atoms with van der Waals surface area (Å²) in [6.45, 7) is 1.90. The van der Waals surface area contributed by atoms with Gasteiger partial charge >= 0.3 is 0 Å². The standard InChI is InChI=1S/C15H21BrN2O3/c1-21-12-4-5-14(16)13(9-12)15(20)18(7-8-19)10-11-3-2-6-17-11/h4-5,9,11,17,19H,2-3,6-8,10H2,1H3. The number of halogens is 1. The quantitative estimate of drug-likeness (QED) is 0.813. The Morgan fingerprint density at radius 2 is 2.38 bits per heavy atom. The lowest BCUT2D eigenvalue weighted by Crippen LogP contribution is -2.42. The molecule has 2 rings (SSSR count). The molecule has 1 aliphatic heterocycles. The fourth-order valence-electron chi connectivity index (χ4n) is 2.54. The summed E-state index contributed by atoms with van der Waals surface area (Å²) in [7, 11) is 1.57. The van der Waals surface area contributed by atoms with Gasteiger partial charge in [-0.05, 0) is 53.5 Å². The number of carbonyl (C=O) groups excluding carboxylic acids is 1. The lowest BCUT2D eigenvalue weighted by atomic mass is 10.1. The Morgan fingerprint density at radius 3 is 3.00 bits per heavy atom. The van der Waals surface area contributed by atoms with Gasteiger partial charge in [0.15, 0.2) is 0 Å². The molecule has 21 heavy (non-hydrogen) atoms. The monoisotopic (exact) mass is 356 g/mol. The zero-order valence-corrected chi connectivity index (χ0v) is 13.7. The van der Waals surface area contributed by atoms with Gasteiger partial charge in [0.1, 0.15) is 5.75 Å². The molecule has 1 fully saturated rings. The SMILES string of the molecule is COc1ccc(Br)c(C(=O)N(CCO)CC2CCCN2)c1. The van der Waals surface area contributed by atoms with Gasteiger partial charge in [0.25, 0.3) is 5.91 Å². The first kappa shape index (κ1) is 16.3. The van der Waals surface area contributed by atoms with Crippen molar-refractivity contribution in [3.63, 3.8) is 0 Å². The first-order chi connectivity index (χ1) is 10.2. The second-order valence-electron chi connectivity index (χ2n) is 5.11. The van der Waals surface area contributed by atoms with Crippen molar-refractivity contribution in [1.82, 2.24) is 10.2 Å². The number of aliphatic hydroxyl groups excluding tert-OH is 1. The molecular formula is C15H21BrN2O3. The Labute approximate surface area is 133 Å². The van der Waals surface area contributed by atoms with Crippen molar-refractivity contribution in [3.05, 3.63) is 28.2 Å². The molecule has 1 aromatic carbocycles. The van der Waals surface area contributed by atoms with E-state index in [2.05, 4.69) is 21.2 Å². The number of aliphatic hydroxyl groups is 1. The third kappa shape index (κ3) is 4.18. The number of methoxy groups -OCH3 is 1. The van der Waals surface area contributed by atoms with Gasteiger partial charge in [-0.1, -0.05) is 0 Å². The van der Waals surface area contributed by atoms with E-state index in [-0.39, 0.29) is 12.5 Å². The number of hydrogen-bond donors (Lipinski definition) is 2. The molecular weight excluding hydrogens is 336 g/mol. The molecule has 0 saturated carbocycles. The van der Waals surface area contributed by atoms with E-state index in [4.69, 9.17) is 4.74 Å². The molecule has 1 unspecified atom stereocenters. The lowest BCUT2D eigenvalue weighted by molar-refractivity contribution is 0.0705. The minimum atomic E-state index is -0.0940. The van der Waals surface area contributed by atoms with Crippen LogP contribution in [0.2, 0.25) is 0 Å². The maximum Gasteiger partial charge on any atom is 0.255 e. The number of amides is 1. The number of nitrogens with one attached hydrogen (secondary N) is 1. The summed E-state index contributed by atoms with van der Waals surface area (Å²) >= 11 is 3.41. The zero-order chi connectivity index (χ0) is 15.2. The summed E-state index contributed by atoms with van der Waals surface area (Å²) in [5.41, 5.74) is 0.556. The molecule has 1 saturated heterocycles. The highest BCUT2D eigenvalue weighted by atomic mass is 79.9. The zero-order valence-electron chi connectivity index (χ0n) is 12.1. The Balaban J connectivity index is 2.16. The van der Waals surface area contributed by atoms with Crippen molar-refractivity contribution in [2.45, 2.75) is 18.9 Å². The van der Waals surface area contributed by atoms with Crippen molar-refractivity contribution >= 4 is 21.8 Å². The summed E-state index contributed by atoms with van der Waals surface area (Å²) in [6.07, 6.45) is 2.20. The number of benzene rings is 1. The van der Waals surface area contributed by atoms with Crippen LogP contribution < -0.4 is 10.1 Å². The minimum Gasteiger partial charge on any atom is -0.497 e. The Hall–Kier alpha value is -1.11. The van der Waals surface area contributed by atoms with E-state index < -0.39 is 0 Å². The van der Waals surface area contributed by atoms with Crippen molar-refractivity contribution in [1.29, 1.82) is 0 Å². The van der Waals surface area contributed by atoms with E-state index in [0.717, 1.165) is 23.9 Å². The van der Waals surface area contributed by atoms with Gasteiger partial charge in [-0.25, -0.2) is 0 Å². The van der Waals surface area contributed by atoms with E-state index in [1.54, 1.807) is 30.2 Å². The molecule has 0 aromatic heterocycles. The summed E-state index contributed by atoms with van der Waals surface area (Å²) in [5.74, 6) is 0.549. The van der Waals surface area contributed by atoms with Crippen LogP contribution in [0, 0.1) is 0 Å². The smallest absolute Gasteiger partial charge is 0.255 e. The highest BCUT2D eigenvalue weighted by Crippen LogP contribution is 2.24. The molecule has 1 heterocycles. The summed E-state index contributed by atoms with van der Waals surface area (Å²) in [4.78, 5) is 14.4. The van der Waals surface area contributed by atoms with Crippen LogP contribution in [-0.4, -0.2) is 55.3 Å². The van der Waals surface area contributed by atoms with Crippen molar-refractivity contribution < 1.29 is 14.6 Å². The van der Waals surface area contributed by atoms with E-state index in [1.807, 2.05) is 0 Å². The highest BCUT2D eigenvalue weighted by molar-refractivity contribution is 9.10. The van der Waals surface area contributed by atoms with E-state index in [1.165, 1.54) is 0 Å². The molecule has 1 amide bonds. The fraction of sp³-hybridized carbons (Fsp3) is 0.533. The number of ether oxygens (including phenoxy) is 1. The molecule has 5 nitrogen and oxygen atoms in total. The molecule has 0 bridgehead atoms. The van der Waals surface area contributed by atoms with Crippen molar-refractivity contribution in [2.24, 2.45) is 0 Å². The van der Waals surface area contributed by atoms with E-state index in [0.29, 0.717) is 30.4 Å². The summed E-state index contributed by atoms with van der Waals surface area (Å²) < 4.78 is 5.91. The second-order valence-corrected chi connectivity index (χ2v) is 5.97. The van der Waals surface area contributed by atoms with Crippen LogP contribution in [0.4, 0.5) is 0 Å². The molecule has 0 spiro atoms. The van der Waals surface area contributed by atoms with Crippen LogP contribution in [-0.2, 0) is 0 Å². The molecule has 116 valence electrons. The van der Waals surface area contributed by atoms with Gasteiger partial charge in [-0.3, -0.25) is 4.79 Å². The molecule has 2 N–H and O–H groups in total. The molecule has 1 atom stereocenters. The topological polar surface area (TPSA) is 61.8 Å².